The van der Waals surface area contributed by atoms with Crippen molar-refractivity contribution < 1.29 is 19.7 Å². The van der Waals surface area contributed by atoms with E-state index in [2.05, 4.69) is 11.8 Å². The fourth-order valence-corrected chi connectivity index (χ4v) is 6.67. The lowest BCUT2D eigenvalue weighted by atomic mass is 9.91. The summed E-state index contributed by atoms with van der Waals surface area (Å²) in [5.74, 6) is 0. The molecule has 4 aromatic rings. The number of aryl methyl sites for hydroxylation is 1. The molecule has 0 amide bonds. The summed E-state index contributed by atoms with van der Waals surface area (Å²) in [5, 5.41) is 23.2. The summed E-state index contributed by atoms with van der Waals surface area (Å²) in [6.45, 7) is 11.6. The third kappa shape index (κ3) is 6.02. The SMILES string of the molecule is Cc1cc2nc(N3CCOC(C)(c4ccc(Cl)cc4)C3)sc2c(-c2ccc(Cl)cc2)c1C(OC(C)(C)C)C(O)O. The minimum absolute atomic E-state index is 0.520. The summed E-state index contributed by atoms with van der Waals surface area (Å²) < 4.78 is 13.4. The van der Waals surface area contributed by atoms with Crippen LogP contribution in [0.4, 0.5) is 5.13 Å². The van der Waals surface area contributed by atoms with Crippen LogP contribution in [-0.4, -0.2) is 46.8 Å². The lowest BCUT2D eigenvalue weighted by Gasteiger charge is -2.40. The van der Waals surface area contributed by atoms with Crippen molar-refractivity contribution in [3.05, 3.63) is 81.3 Å². The van der Waals surface area contributed by atoms with Gasteiger partial charge in [0, 0.05) is 22.2 Å². The van der Waals surface area contributed by atoms with Crippen LogP contribution < -0.4 is 4.90 Å². The van der Waals surface area contributed by atoms with E-state index in [4.69, 9.17) is 37.7 Å². The van der Waals surface area contributed by atoms with Gasteiger partial charge in [0.1, 0.15) is 11.7 Å². The fraction of sp³-hybridized carbons (Fsp3) is 0.387. The van der Waals surface area contributed by atoms with E-state index >= 15 is 0 Å². The lowest BCUT2D eigenvalue weighted by molar-refractivity contribution is -0.185. The van der Waals surface area contributed by atoms with E-state index in [1.54, 1.807) is 11.3 Å². The third-order valence-electron chi connectivity index (χ3n) is 7.09. The van der Waals surface area contributed by atoms with Crippen molar-refractivity contribution in [1.29, 1.82) is 0 Å². The molecule has 0 spiro atoms. The highest BCUT2D eigenvalue weighted by Gasteiger charge is 2.36. The average Bonchev–Trinajstić information content (AvgIpc) is 3.31. The summed E-state index contributed by atoms with van der Waals surface area (Å²) in [6, 6.07) is 17.4. The first-order valence-corrected chi connectivity index (χ1v) is 14.8. The van der Waals surface area contributed by atoms with Crippen LogP contribution >= 0.6 is 34.5 Å². The molecule has 40 heavy (non-hydrogen) atoms. The number of hydrogen-bond donors (Lipinski definition) is 2. The molecular formula is C31H34Cl2N2O4S. The van der Waals surface area contributed by atoms with Gasteiger partial charge in [-0.3, -0.25) is 0 Å². The highest BCUT2D eigenvalue weighted by Crippen LogP contribution is 2.45. The van der Waals surface area contributed by atoms with Crippen molar-refractivity contribution in [3.63, 3.8) is 0 Å². The second-order valence-electron chi connectivity index (χ2n) is 11.4. The van der Waals surface area contributed by atoms with Gasteiger partial charge in [-0.05, 0) is 87.2 Å². The number of morpholine rings is 1. The standard InChI is InChI=1S/C31H34Cl2N2O4S/c1-18-16-23-27(25(19-6-10-21(32)11-7-19)24(18)26(28(36)37)39-30(2,3)4)40-29(34-23)35-14-15-38-31(5,17-35)20-8-12-22(33)13-9-20/h6-13,16,26,28,36-37H,14-15,17H2,1-5H3. The second kappa shape index (κ2) is 11.2. The normalized spacial score (nSPS) is 19.0. The van der Waals surface area contributed by atoms with E-state index in [0.29, 0.717) is 29.7 Å². The Morgan fingerprint density at radius 3 is 2.27 bits per heavy atom. The molecule has 1 aliphatic rings. The summed E-state index contributed by atoms with van der Waals surface area (Å²) in [6.07, 6.45) is -2.68. The number of halogens is 2. The van der Waals surface area contributed by atoms with Crippen LogP contribution in [0.2, 0.25) is 10.0 Å². The molecule has 6 nitrogen and oxygen atoms in total. The minimum Gasteiger partial charge on any atom is -0.367 e. The van der Waals surface area contributed by atoms with Crippen LogP contribution in [0, 0.1) is 6.92 Å². The van der Waals surface area contributed by atoms with Gasteiger partial charge in [-0.2, -0.15) is 0 Å². The van der Waals surface area contributed by atoms with Crippen molar-refractivity contribution >= 4 is 49.9 Å². The zero-order valence-corrected chi connectivity index (χ0v) is 25.6. The van der Waals surface area contributed by atoms with Gasteiger partial charge < -0.3 is 24.6 Å². The molecule has 2 unspecified atom stereocenters. The quantitative estimate of drug-likeness (QED) is 0.223. The molecule has 1 fully saturated rings. The summed E-state index contributed by atoms with van der Waals surface area (Å²) >= 11 is 14.0. The largest absolute Gasteiger partial charge is 0.367 e. The van der Waals surface area contributed by atoms with Gasteiger partial charge in [-0.25, -0.2) is 4.98 Å². The van der Waals surface area contributed by atoms with E-state index in [-0.39, 0.29) is 0 Å². The maximum absolute atomic E-state index is 10.5. The second-order valence-corrected chi connectivity index (χ2v) is 13.3. The predicted molar refractivity (Wildman–Crippen MR) is 164 cm³/mol. The molecular weight excluding hydrogens is 567 g/mol. The minimum atomic E-state index is -1.71. The smallest absolute Gasteiger partial charge is 0.186 e. The van der Waals surface area contributed by atoms with Crippen molar-refractivity contribution in [2.45, 2.75) is 58.2 Å². The number of thiazole rings is 1. The molecule has 9 heteroatoms. The predicted octanol–water partition coefficient (Wildman–Crippen LogP) is 7.50. The molecule has 2 heterocycles. The first kappa shape index (κ1) is 29.3. The van der Waals surface area contributed by atoms with Crippen molar-refractivity contribution in [2.24, 2.45) is 0 Å². The number of aliphatic hydroxyl groups excluding tert-OH is 1. The zero-order valence-electron chi connectivity index (χ0n) is 23.2. The number of nitrogens with zero attached hydrogens (tertiary/aromatic N) is 2. The van der Waals surface area contributed by atoms with Crippen LogP contribution in [0.25, 0.3) is 21.3 Å². The van der Waals surface area contributed by atoms with Crippen molar-refractivity contribution in [2.75, 3.05) is 24.6 Å². The van der Waals surface area contributed by atoms with Crippen LogP contribution in [0.5, 0.6) is 0 Å². The highest BCUT2D eigenvalue weighted by atomic mass is 35.5. The zero-order chi connectivity index (χ0) is 28.8. The van der Waals surface area contributed by atoms with E-state index in [1.165, 1.54) is 0 Å². The number of aliphatic hydroxyl groups is 2. The summed E-state index contributed by atoms with van der Waals surface area (Å²) in [7, 11) is 0. The Morgan fingerprint density at radius 1 is 1.05 bits per heavy atom. The van der Waals surface area contributed by atoms with Gasteiger partial charge >= 0.3 is 0 Å². The molecule has 2 atom stereocenters. The summed E-state index contributed by atoms with van der Waals surface area (Å²) in [5.41, 5.74) is 4.13. The van der Waals surface area contributed by atoms with Gasteiger partial charge in [-0.1, -0.05) is 58.8 Å². The Balaban J connectivity index is 1.64. The Kier molecular flexibility index (Phi) is 8.21. The molecule has 1 aliphatic heterocycles. The van der Waals surface area contributed by atoms with Gasteiger partial charge in [-0.15, -0.1) is 0 Å². The summed E-state index contributed by atoms with van der Waals surface area (Å²) in [4.78, 5) is 7.33. The van der Waals surface area contributed by atoms with Crippen LogP contribution in [-0.2, 0) is 15.1 Å². The van der Waals surface area contributed by atoms with Crippen LogP contribution in [0.1, 0.15) is 50.5 Å². The van der Waals surface area contributed by atoms with Gasteiger partial charge in [0.2, 0.25) is 0 Å². The number of benzene rings is 3. The van der Waals surface area contributed by atoms with E-state index < -0.39 is 23.6 Å². The molecule has 0 saturated carbocycles. The Bertz CT molecular complexity index is 1500. The number of fused-ring (bicyclic) bond motifs is 1. The molecule has 1 saturated heterocycles. The molecule has 0 bridgehead atoms. The van der Waals surface area contributed by atoms with Crippen LogP contribution in [0.3, 0.4) is 0 Å². The monoisotopic (exact) mass is 600 g/mol. The Hall–Kier alpha value is -2.23. The maximum atomic E-state index is 10.5. The number of hydrogen-bond acceptors (Lipinski definition) is 7. The number of aromatic nitrogens is 1. The third-order valence-corrected chi connectivity index (χ3v) is 8.74. The first-order chi connectivity index (χ1) is 18.8. The number of anilines is 1. The fourth-order valence-electron chi connectivity index (χ4n) is 5.26. The topological polar surface area (TPSA) is 75.1 Å². The molecule has 212 valence electrons. The number of rotatable bonds is 6. The Labute approximate surface area is 249 Å². The first-order valence-electron chi connectivity index (χ1n) is 13.2. The van der Waals surface area contributed by atoms with E-state index in [1.807, 2.05) is 82.3 Å². The van der Waals surface area contributed by atoms with Crippen LogP contribution in [0.15, 0.2) is 54.6 Å². The average molecular weight is 602 g/mol. The number of ether oxygens (including phenoxy) is 2. The molecule has 3 aromatic carbocycles. The van der Waals surface area contributed by atoms with Gasteiger partial charge in [0.05, 0.1) is 29.0 Å². The van der Waals surface area contributed by atoms with Crippen molar-refractivity contribution in [3.8, 4) is 11.1 Å². The van der Waals surface area contributed by atoms with Crippen molar-refractivity contribution in [1.82, 2.24) is 4.98 Å². The molecule has 0 radical (unpaired) electrons. The highest BCUT2D eigenvalue weighted by molar-refractivity contribution is 7.22. The molecule has 0 aliphatic carbocycles. The molecule has 5 rings (SSSR count). The molecule has 1 aromatic heterocycles. The molecule has 2 N–H and O–H groups in total. The van der Waals surface area contributed by atoms with Gasteiger partial charge in [0.25, 0.3) is 0 Å². The van der Waals surface area contributed by atoms with E-state index in [9.17, 15) is 10.2 Å². The Morgan fingerprint density at radius 2 is 1.68 bits per heavy atom. The maximum Gasteiger partial charge on any atom is 0.186 e. The lowest BCUT2D eigenvalue weighted by Crippen LogP contribution is -2.48. The van der Waals surface area contributed by atoms with Gasteiger partial charge in [0.15, 0.2) is 11.4 Å². The van der Waals surface area contributed by atoms with E-state index in [0.717, 1.165) is 43.2 Å².